The van der Waals surface area contributed by atoms with Gasteiger partial charge in [-0.2, -0.15) is 0 Å². The van der Waals surface area contributed by atoms with Gasteiger partial charge in [0.2, 0.25) is 0 Å². The van der Waals surface area contributed by atoms with E-state index in [1.165, 1.54) is 15.2 Å². The van der Waals surface area contributed by atoms with Crippen LogP contribution in [0.4, 0.5) is 0 Å². The minimum Gasteiger partial charge on any atom is -0.487 e. The normalized spacial score (nSPS) is 14.4. The first-order valence-corrected chi connectivity index (χ1v) is 11.7. The van der Waals surface area contributed by atoms with Crippen LogP contribution in [0.3, 0.4) is 0 Å². The minimum atomic E-state index is -0.429. The third kappa shape index (κ3) is 4.35. The number of benzene rings is 3. The van der Waals surface area contributed by atoms with Gasteiger partial charge in [0.1, 0.15) is 17.9 Å². The maximum atomic E-state index is 12.6. The predicted molar refractivity (Wildman–Crippen MR) is 136 cm³/mol. The van der Waals surface area contributed by atoms with Crippen LogP contribution in [0.1, 0.15) is 11.1 Å². The third-order valence-corrected chi connectivity index (χ3v) is 6.90. The molecule has 4 rings (SSSR count). The van der Waals surface area contributed by atoms with E-state index >= 15 is 0 Å². The number of likely N-dealkylation sites (N-methyl/N-ethyl adjacent to an activating group) is 2. The van der Waals surface area contributed by atoms with Gasteiger partial charge < -0.3 is 4.74 Å². The van der Waals surface area contributed by atoms with Crippen molar-refractivity contribution in [3.05, 3.63) is 80.2 Å². The number of carbonyl (C=O) groups is 2. The van der Waals surface area contributed by atoms with Gasteiger partial charge in [0.25, 0.3) is 11.8 Å². The molecule has 1 saturated heterocycles. The summed E-state index contributed by atoms with van der Waals surface area (Å²) in [5, 5.41) is 2.52. The van der Waals surface area contributed by atoms with Crippen molar-refractivity contribution >= 4 is 77.9 Å². The van der Waals surface area contributed by atoms with Crippen LogP contribution in [0.5, 0.6) is 5.75 Å². The Morgan fingerprint density at radius 3 is 2.12 bits per heavy atom. The number of ether oxygens (including phenoxy) is 1. The fraction of sp³-hybridized carbons (Fsp3) is 0.125. The highest BCUT2D eigenvalue weighted by molar-refractivity contribution is 9.11. The van der Waals surface area contributed by atoms with Crippen molar-refractivity contribution in [2.24, 2.45) is 0 Å². The number of hydrogen-bond donors (Lipinski definition) is 0. The smallest absolute Gasteiger partial charge is 0.265 e. The van der Waals surface area contributed by atoms with E-state index in [-0.39, 0.29) is 10.7 Å². The standard InChI is InChI=1S/C24H18Br2N2O3S/c1-27-22(29)18(23(30)28(2)24(27)32)10-15-11-19(25)21(20(26)12-15)31-13-14-7-8-16-5-3-4-6-17(16)9-14/h3-12H,13H2,1-2H3. The first-order chi connectivity index (χ1) is 15.3. The van der Waals surface area contributed by atoms with E-state index in [1.807, 2.05) is 18.2 Å². The fourth-order valence-corrected chi connectivity index (χ4v) is 5.04. The summed E-state index contributed by atoms with van der Waals surface area (Å²) in [6, 6.07) is 18.0. The molecule has 162 valence electrons. The van der Waals surface area contributed by atoms with Crippen LogP contribution < -0.4 is 4.74 Å². The lowest BCUT2D eigenvalue weighted by atomic mass is 10.1. The Balaban J connectivity index is 1.58. The van der Waals surface area contributed by atoms with Crippen LogP contribution in [0, 0.1) is 0 Å². The molecule has 1 fully saturated rings. The Hall–Kier alpha value is -2.55. The largest absolute Gasteiger partial charge is 0.487 e. The molecule has 0 atom stereocenters. The molecule has 32 heavy (non-hydrogen) atoms. The summed E-state index contributed by atoms with van der Waals surface area (Å²) < 4.78 is 7.46. The van der Waals surface area contributed by atoms with Gasteiger partial charge in [-0.3, -0.25) is 19.4 Å². The molecule has 1 heterocycles. The van der Waals surface area contributed by atoms with Gasteiger partial charge in [-0.05, 0) is 90.3 Å². The first-order valence-electron chi connectivity index (χ1n) is 9.67. The number of thiocarbonyl (C=S) groups is 1. The number of halogens is 2. The van der Waals surface area contributed by atoms with E-state index in [2.05, 4.69) is 56.1 Å². The minimum absolute atomic E-state index is 0.0484. The average molecular weight is 574 g/mol. The highest BCUT2D eigenvalue weighted by Gasteiger charge is 2.35. The summed E-state index contributed by atoms with van der Waals surface area (Å²) in [7, 11) is 3.11. The second-order valence-corrected chi connectivity index (χ2v) is 9.43. The van der Waals surface area contributed by atoms with Crippen molar-refractivity contribution in [2.75, 3.05) is 14.1 Å². The van der Waals surface area contributed by atoms with E-state index in [9.17, 15) is 9.59 Å². The van der Waals surface area contributed by atoms with Gasteiger partial charge in [-0.1, -0.05) is 36.4 Å². The Kier molecular flexibility index (Phi) is 6.46. The molecule has 3 aromatic rings. The molecule has 0 saturated carbocycles. The number of hydrogen-bond acceptors (Lipinski definition) is 4. The second-order valence-electron chi connectivity index (χ2n) is 7.35. The summed E-state index contributed by atoms with van der Waals surface area (Å²) >= 11 is 12.2. The molecule has 5 nitrogen and oxygen atoms in total. The molecule has 1 aliphatic heterocycles. The molecule has 0 N–H and O–H groups in total. The van der Waals surface area contributed by atoms with Gasteiger partial charge >= 0.3 is 0 Å². The van der Waals surface area contributed by atoms with Crippen molar-refractivity contribution in [3.8, 4) is 5.75 Å². The molecule has 8 heteroatoms. The Labute approximate surface area is 207 Å². The van der Waals surface area contributed by atoms with Crippen molar-refractivity contribution in [3.63, 3.8) is 0 Å². The average Bonchev–Trinajstić information content (AvgIpc) is 2.78. The molecule has 0 spiro atoms. The van der Waals surface area contributed by atoms with Gasteiger partial charge in [0, 0.05) is 14.1 Å². The monoisotopic (exact) mass is 572 g/mol. The Bertz CT molecular complexity index is 1260. The third-order valence-electron chi connectivity index (χ3n) is 5.17. The lowest BCUT2D eigenvalue weighted by molar-refractivity contribution is -0.132. The summed E-state index contributed by atoms with van der Waals surface area (Å²) in [5.74, 6) is -0.221. The lowest BCUT2D eigenvalue weighted by Crippen LogP contribution is -2.52. The molecule has 0 aromatic heterocycles. The zero-order valence-corrected chi connectivity index (χ0v) is 21.3. The highest BCUT2D eigenvalue weighted by Crippen LogP contribution is 2.36. The van der Waals surface area contributed by atoms with E-state index < -0.39 is 11.8 Å². The van der Waals surface area contributed by atoms with Crippen LogP contribution in [0.2, 0.25) is 0 Å². The summed E-state index contributed by atoms with van der Waals surface area (Å²) in [4.78, 5) is 27.7. The number of nitrogens with zero attached hydrogens (tertiary/aromatic N) is 2. The van der Waals surface area contributed by atoms with Crippen LogP contribution in [0.25, 0.3) is 16.8 Å². The topological polar surface area (TPSA) is 49.9 Å². The SMILES string of the molecule is CN1C(=O)C(=Cc2cc(Br)c(OCc3ccc4ccccc4c3)c(Br)c2)C(=O)N(C)C1=S. The van der Waals surface area contributed by atoms with Crippen molar-refractivity contribution in [1.82, 2.24) is 9.80 Å². The molecule has 3 aromatic carbocycles. The molecule has 0 bridgehead atoms. The molecule has 0 unspecified atom stereocenters. The van der Waals surface area contributed by atoms with Crippen LogP contribution in [0.15, 0.2) is 69.1 Å². The quantitative estimate of drug-likeness (QED) is 0.233. The van der Waals surface area contributed by atoms with Crippen molar-refractivity contribution in [2.45, 2.75) is 6.61 Å². The van der Waals surface area contributed by atoms with Crippen molar-refractivity contribution < 1.29 is 14.3 Å². The fourth-order valence-electron chi connectivity index (χ4n) is 3.43. The highest BCUT2D eigenvalue weighted by atomic mass is 79.9. The lowest BCUT2D eigenvalue weighted by Gasteiger charge is -2.31. The summed E-state index contributed by atoms with van der Waals surface area (Å²) in [6.07, 6.45) is 1.56. The zero-order chi connectivity index (χ0) is 23.0. The van der Waals surface area contributed by atoms with Crippen LogP contribution in [-0.4, -0.2) is 40.8 Å². The molecular formula is C24H18Br2N2O3S. The van der Waals surface area contributed by atoms with Gasteiger partial charge in [-0.25, -0.2) is 0 Å². The van der Waals surface area contributed by atoms with Gasteiger partial charge in [-0.15, -0.1) is 0 Å². The maximum absolute atomic E-state index is 12.6. The maximum Gasteiger partial charge on any atom is 0.265 e. The molecule has 0 aliphatic carbocycles. The summed E-state index contributed by atoms with van der Waals surface area (Å²) in [5.41, 5.74) is 1.77. The molecular weight excluding hydrogens is 556 g/mol. The summed E-state index contributed by atoms with van der Waals surface area (Å²) in [6.45, 7) is 0.395. The van der Waals surface area contributed by atoms with E-state index in [0.29, 0.717) is 26.9 Å². The number of amides is 2. The zero-order valence-electron chi connectivity index (χ0n) is 17.3. The van der Waals surface area contributed by atoms with Gasteiger partial charge in [0.05, 0.1) is 8.95 Å². The van der Waals surface area contributed by atoms with Gasteiger partial charge in [0.15, 0.2) is 5.11 Å². The number of carbonyl (C=O) groups excluding carboxylic acids is 2. The second kappa shape index (κ2) is 9.13. The Morgan fingerprint density at radius 2 is 1.50 bits per heavy atom. The number of rotatable bonds is 4. The van der Waals surface area contributed by atoms with E-state index in [1.54, 1.807) is 32.3 Å². The predicted octanol–water partition coefficient (Wildman–Crippen LogP) is 5.54. The molecule has 0 radical (unpaired) electrons. The molecule has 2 amide bonds. The molecule has 1 aliphatic rings. The van der Waals surface area contributed by atoms with E-state index in [4.69, 9.17) is 17.0 Å². The van der Waals surface area contributed by atoms with E-state index in [0.717, 1.165) is 10.9 Å². The number of fused-ring (bicyclic) bond motifs is 1. The van der Waals surface area contributed by atoms with Crippen molar-refractivity contribution in [1.29, 1.82) is 0 Å². The van der Waals surface area contributed by atoms with Crippen LogP contribution in [-0.2, 0) is 16.2 Å². The first kappa shape index (κ1) is 22.6. The van der Waals surface area contributed by atoms with Crippen LogP contribution >= 0.6 is 44.1 Å². The Morgan fingerprint density at radius 1 is 0.906 bits per heavy atom.